The molecule has 1 N–H and O–H groups in total. The molecule has 15 nitrogen and oxygen atoms in total. The third-order valence-corrected chi connectivity index (χ3v) is 7.81. The van der Waals surface area contributed by atoms with Crippen molar-refractivity contribution in [1.29, 1.82) is 0 Å². The number of methoxy groups -OCH3 is 3. The predicted molar refractivity (Wildman–Crippen MR) is 178 cm³/mol. The van der Waals surface area contributed by atoms with E-state index in [1.54, 1.807) is 54.6 Å². The molecule has 1 unspecified atom stereocenters. The highest BCUT2D eigenvalue weighted by Crippen LogP contribution is 2.48. The van der Waals surface area contributed by atoms with Gasteiger partial charge in [-0.15, -0.1) is 0 Å². The van der Waals surface area contributed by atoms with Crippen LogP contribution in [0.1, 0.15) is 16.7 Å². The Morgan fingerprint density at radius 1 is 0.820 bits per heavy atom. The lowest BCUT2D eigenvalue weighted by Gasteiger charge is -2.26. The van der Waals surface area contributed by atoms with Gasteiger partial charge in [0.25, 0.3) is 5.79 Å². The maximum Gasteiger partial charge on any atom is 0.342 e. The first-order valence-electron chi connectivity index (χ1n) is 15.8. The van der Waals surface area contributed by atoms with Gasteiger partial charge in [0, 0.05) is 29.0 Å². The first-order chi connectivity index (χ1) is 24.4. The van der Waals surface area contributed by atoms with Gasteiger partial charge in [-0.2, -0.15) is 0 Å². The van der Waals surface area contributed by atoms with Crippen LogP contribution in [0.15, 0.2) is 65.3 Å². The van der Waals surface area contributed by atoms with Crippen molar-refractivity contribution in [1.82, 2.24) is 0 Å². The van der Waals surface area contributed by atoms with E-state index in [2.05, 4.69) is 10.0 Å². The number of aliphatic hydroxyl groups is 1. The molecular formula is C35H39N3O12. The minimum atomic E-state index is -2.10. The van der Waals surface area contributed by atoms with E-state index in [1.165, 1.54) is 21.3 Å². The standard InChI is InChI=1S/C35H39N3O12/c1-41-26-7-5-25(6-8-26)35(40)27(32(34(39)50-35)24-4-9-28-29(21-24)49-22-48-28)18-23-19-30(42-2)33(43-3)31(20-23)47-17-16-46-15-14-45-13-12-44-11-10-37-38-36/h4-9,19-21,40H,10-18,22H2,1-3H3. The number of hydrogen-bond acceptors (Lipinski definition) is 13. The Kier molecular flexibility index (Phi) is 12.6. The van der Waals surface area contributed by atoms with Gasteiger partial charge in [0.05, 0.1) is 66.5 Å². The molecule has 0 aromatic heterocycles. The summed E-state index contributed by atoms with van der Waals surface area (Å²) in [4.78, 5) is 16.2. The van der Waals surface area contributed by atoms with E-state index in [9.17, 15) is 9.90 Å². The van der Waals surface area contributed by atoms with Crippen LogP contribution in [0.3, 0.4) is 0 Å². The lowest BCUT2D eigenvalue weighted by molar-refractivity contribution is -0.185. The number of nitrogens with zero attached hydrogens (tertiary/aromatic N) is 3. The molecule has 1 atom stereocenters. The Morgan fingerprint density at radius 3 is 2.18 bits per heavy atom. The molecular weight excluding hydrogens is 654 g/mol. The molecule has 0 saturated carbocycles. The Labute approximate surface area is 288 Å². The third-order valence-electron chi connectivity index (χ3n) is 7.81. The Bertz CT molecular complexity index is 1710. The van der Waals surface area contributed by atoms with Crippen LogP contribution in [0.5, 0.6) is 34.5 Å². The van der Waals surface area contributed by atoms with Crippen molar-refractivity contribution in [3.63, 3.8) is 0 Å². The van der Waals surface area contributed by atoms with E-state index in [-0.39, 0.29) is 38.5 Å². The van der Waals surface area contributed by atoms with Crippen molar-refractivity contribution in [2.75, 3.05) is 80.9 Å². The topological polar surface area (TPSA) is 178 Å². The Balaban J connectivity index is 1.33. The van der Waals surface area contributed by atoms with Gasteiger partial charge < -0.3 is 52.5 Å². The number of azide groups is 1. The first kappa shape index (κ1) is 36.1. The second-order valence-electron chi connectivity index (χ2n) is 10.8. The molecule has 15 heteroatoms. The number of cyclic esters (lactones) is 1. The van der Waals surface area contributed by atoms with Crippen molar-refractivity contribution in [3.05, 3.63) is 87.3 Å². The minimum absolute atomic E-state index is 0.0653. The number of carbonyl (C=O) groups is 1. The summed E-state index contributed by atoms with van der Waals surface area (Å²) in [6, 6.07) is 15.3. The predicted octanol–water partition coefficient (Wildman–Crippen LogP) is 4.58. The number of fused-ring (bicyclic) bond motifs is 1. The summed E-state index contributed by atoms with van der Waals surface area (Å²) in [6.07, 6.45) is 0.0673. The Morgan fingerprint density at radius 2 is 1.50 bits per heavy atom. The molecule has 0 saturated heterocycles. The van der Waals surface area contributed by atoms with E-state index in [0.717, 1.165) is 0 Å². The van der Waals surface area contributed by atoms with Crippen molar-refractivity contribution in [2.24, 2.45) is 5.11 Å². The number of benzene rings is 3. The zero-order valence-corrected chi connectivity index (χ0v) is 28.0. The fourth-order valence-electron chi connectivity index (χ4n) is 5.44. The van der Waals surface area contributed by atoms with Gasteiger partial charge in [0.1, 0.15) is 12.4 Å². The average Bonchev–Trinajstić information content (AvgIpc) is 3.71. The van der Waals surface area contributed by atoms with Crippen molar-refractivity contribution >= 4 is 11.5 Å². The molecule has 0 bridgehead atoms. The quantitative estimate of drug-likeness (QED) is 0.0574. The van der Waals surface area contributed by atoms with Crippen molar-refractivity contribution in [2.45, 2.75) is 12.2 Å². The maximum atomic E-state index is 13.6. The summed E-state index contributed by atoms with van der Waals surface area (Å²) in [5, 5.41) is 15.5. The zero-order chi connectivity index (χ0) is 35.3. The van der Waals surface area contributed by atoms with Crippen LogP contribution in [0, 0.1) is 0 Å². The molecule has 0 spiro atoms. The highest BCUT2D eigenvalue weighted by molar-refractivity contribution is 6.20. The number of rotatable bonds is 20. The van der Waals surface area contributed by atoms with E-state index >= 15 is 0 Å². The second kappa shape index (κ2) is 17.5. The van der Waals surface area contributed by atoms with Crippen molar-refractivity contribution in [3.8, 4) is 34.5 Å². The molecule has 0 radical (unpaired) electrons. The average molecular weight is 694 g/mol. The third kappa shape index (κ3) is 8.51. The van der Waals surface area contributed by atoms with Gasteiger partial charge >= 0.3 is 5.97 Å². The molecule has 3 aromatic carbocycles. The molecule has 2 aliphatic heterocycles. The molecule has 3 aromatic rings. The largest absolute Gasteiger partial charge is 0.497 e. The van der Waals surface area contributed by atoms with Gasteiger partial charge in [-0.25, -0.2) is 4.79 Å². The van der Waals surface area contributed by atoms with Crippen LogP contribution < -0.4 is 28.4 Å². The van der Waals surface area contributed by atoms with Crippen LogP contribution in [0.25, 0.3) is 16.0 Å². The minimum Gasteiger partial charge on any atom is -0.497 e. The van der Waals surface area contributed by atoms with Gasteiger partial charge in [0.15, 0.2) is 23.0 Å². The van der Waals surface area contributed by atoms with Gasteiger partial charge in [-0.3, -0.25) is 0 Å². The molecule has 0 aliphatic carbocycles. The van der Waals surface area contributed by atoms with Gasteiger partial charge in [0.2, 0.25) is 12.5 Å². The van der Waals surface area contributed by atoms with E-state index < -0.39 is 11.8 Å². The van der Waals surface area contributed by atoms with Gasteiger partial charge in [-0.1, -0.05) is 11.2 Å². The number of carbonyl (C=O) groups excluding carboxylic acids is 1. The fraction of sp³-hybridized carbons (Fsp3) is 0.400. The normalized spacial score (nSPS) is 16.2. The van der Waals surface area contributed by atoms with Crippen LogP contribution in [0.2, 0.25) is 0 Å². The summed E-state index contributed by atoms with van der Waals surface area (Å²) in [5.41, 5.74) is 10.2. The summed E-state index contributed by atoms with van der Waals surface area (Å²) in [5.74, 6) is -0.0606. The molecule has 2 aliphatic rings. The summed E-state index contributed by atoms with van der Waals surface area (Å²) in [7, 11) is 4.55. The summed E-state index contributed by atoms with van der Waals surface area (Å²) < 4.78 is 55.8. The molecule has 0 amide bonds. The second-order valence-corrected chi connectivity index (χ2v) is 10.8. The number of hydrogen-bond donors (Lipinski definition) is 1. The molecule has 266 valence electrons. The number of esters is 1. The lowest BCUT2D eigenvalue weighted by atomic mass is 9.88. The van der Waals surface area contributed by atoms with Crippen LogP contribution in [-0.2, 0) is 35.9 Å². The highest BCUT2D eigenvalue weighted by Gasteiger charge is 2.48. The smallest absolute Gasteiger partial charge is 0.342 e. The van der Waals surface area contributed by atoms with E-state index in [1.807, 2.05) is 0 Å². The van der Waals surface area contributed by atoms with E-state index in [4.69, 9.17) is 52.9 Å². The monoisotopic (exact) mass is 693 g/mol. The summed E-state index contributed by atoms with van der Waals surface area (Å²) >= 11 is 0. The molecule has 50 heavy (non-hydrogen) atoms. The molecule has 2 heterocycles. The van der Waals surface area contributed by atoms with E-state index in [0.29, 0.717) is 89.8 Å². The lowest BCUT2D eigenvalue weighted by Crippen LogP contribution is -2.29. The van der Waals surface area contributed by atoms with Crippen LogP contribution in [0.4, 0.5) is 0 Å². The van der Waals surface area contributed by atoms with Crippen molar-refractivity contribution < 1.29 is 57.3 Å². The Hall–Kier alpha value is -5.18. The number of ether oxygens (including phenoxy) is 10. The van der Waals surface area contributed by atoms with Crippen LogP contribution in [-0.4, -0.2) is 92.0 Å². The summed E-state index contributed by atoms with van der Waals surface area (Å²) in [6.45, 7) is 2.61. The SMILES string of the molecule is COc1ccc(C2(O)OC(=O)C(c3ccc4c(c3)OCO4)=C2Cc2cc(OC)c(OC)c(OCCOCCOCCOCCN=[N+]=[N-])c2)cc1. The molecule has 5 rings (SSSR count). The van der Waals surface area contributed by atoms with Crippen LogP contribution >= 0.6 is 0 Å². The maximum absolute atomic E-state index is 13.6. The first-order valence-corrected chi connectivity index (χ1v) is 15.8. The van der Waals surface area contributed by atoms with Gasteiger partial charge in [-0.05, 0) is 65.2 Å². The fourth-order valence-corrected chi connectivity index (χ4v) is 5.44. The molecule has 0 fully saturated rings. The zero-order valence-electron chi connectivity index (χ0n) is 28.0. The highest BCUT2D eigenvalue weighted by atomic mass is 16.7.